The third-order valence-corrected chi connectivity index (χ3v) is 2.49. The predicted molar refractivity (Wildman–Crippen MR) is 64.9 cm³/mol. The fraction of sp³-hybridized carbons (Fsp3) is 0.500. The van der Waals surface area contributed by atoms with Crippen LogP contribution in [0.25, 0.3) is 0 Å². The van der Waals surface area contributed by atoms with Crippen LogP contribution in [0.15, 0.2) is 30.3 Å². The van der Waals surface area contributed by atoms with Crippen molar-refractivity contribution in [1.82, 2.24) is 0 Å². The summed E-state index contributed by atoms with van der Waals surface area (Å²) < 4.78 is 5.69. The summed E-state index contributed by atoms with van der Waals surface area (Å²) in [6.45, 7) is 1.79. The van der Waals surface area contributed by atoms with Gasteiger partial charge in [-0.15, -0.1) is 11.8 Å². The first kappa shape index (κ1) is 12.6. The minimum atomic E-state index is -0.336. The molecule has 0 bridgehead atoms. The summed E-state index contributed by atoms with van der Waals surface area (Å²) in [7, 11) is 0. The van der Waals surface area contributed by atoms with Gasteiger partial charge in [-0.3, -0.25) is 0 Å². The van der Waals surface area contributed by atoms with Crippen LogP contribution in [-0.4, -0.2) is 23.4 Å². The van der Waals surface area contributed by atoms with E-state index in [0.29, 0.717) is 12.4 Å². The molecule has 1 N–H and O–H groups in total. The van der Waals surface area contributed by atoms with Crippen molar-refractivity contribution >= 4 is 11.8 Å². The van der Waals surface area contributed by atoms with E-state index in [0.717, 1.165) is 5.56 Å². The Morgan fingerprint density at radius 3 is 2.53 bits per heavy atom. The minimum absolute atomic E-state index is 0.00125. The summed E-state index contributed by atoms with van der Waals surface area (Å²) in [6.07, 6.45) is 2.31. The van der Waals surface area contributed by atoms with Gasteiger partial charge in [0, 0.05) is 6.42 Å². The zero-order chi connectivity index (χ0) is 11.1. The minimum Gasteiger partial charge on any atom is -0.393 e. The Morgan fingerprint density at radius 2 is 2.00 bits per heavy atom. The molecule has 0 heterocycles. The Hall–Kier alpha value is -0.510. The molecule has 0 saturated heterocycles. The largest absolute Gasteiger partial charge is 0.393 e. The second kappa shape index (κ2) is 6.88. The highest BCUT2D eigenvalue weighted by molar-refractivity contribution is 7.98. The monoisotopic (exact) mass is 226 g/mol. The molecule has 1 aromatic carbocycles. The van der Waals surface area contributed by atoms with Gasteiger partial charge in [-0.05, 0) is 18.7 Å². The number of aliphatic hydroxyl groups is 1. The Kier molecular flexibility index (Phi) is 5.76. The lowest BCUT2D eigenvalue weighted by atomic mass is 10.0. The van der Waals surface area contributed by atoms with Crippen LogP contribution in [-0.2, 0) is 4.74 Å². The molecule has 0 aliphatic heterocycles. The van der Waals surface area contributed by atoms with Crippen LogP contribution >= 0.6 is 11.8 Å². The summed E-state index contributed by atoms with van der Waals surface area (Å²) in [6, 6.07) is 10.0. The molecule has 2 atom stereocenters. The van der Waals surface area contributed by atoms with Gasteiger partial charge in [0.05, 0.1) is 18.1 Å². The summed E-state index contributed by atoms with van der Waals surface area (Å²) >= 11 is 1.65. The first-order valence-corrected chi connectivity index (χ1v) is 6.47. The molecule has 3 heteroatoms. The number of hydrogen-bond acceptors (Lipinski definition) is 3. The molecule has 0 aliphatic carbocycles. The molecular formula is C12H18O2S. The van der Waals surface area contributed by atoms with Gasteiger partial charge >= 0.3 is 0 Å². The van der Waals surface area contributed by atoms with E-state index in [1.807, 2.05) is 36.6 Å². The number of ether oxygens (including phenoxy) is 1. The van der Waals surface area contributed by atoms with Crippen LogP contribution in [0.5, 0.6) is 0 Å². The molecule has 0 aromatic heterocycles. The Morgan fingerprint density at radius 1 is 1.33 bits per heavy atom. The Labute approximate surface area is 95.7 Å². The van der Waals surface area contributed by atoms with Crippen molar-refractivity contribution in [2.24, 2.45) is 0 Å². The molecule has 0 fully saturated rings. The average Bonchev–Trinajstić information content (AvgIpc) is 2.25. The van der Waals surface area contributed by atoms with Crippen molar-refractivity contribution in [3.63, 3.8) is 0 Å². The number of rotatable bonds is 6. The number of thioether (sulfide) groups is 1. The molecular weight excluding hydrogens is 208 g/mol. The van der Waals surface area contributed by atoms with Crippen LogP contribution in [0, 0.1) is 0 Å². The average molecular weight is 226 g/mol. The first-order chi connectivity index (χ1) is 7.24. The van der Waals surface area contributed by atoms with E-state index in [-0.39, 0.29) is 12.2 Å². The van der Waals surface area contributed by atoms with Crippen LogP contribution in [0.2, 0.25) is 0 Å². The van der Waals surface area contributed by atoms with E-state index in [9.17, 15) is 5.11 Å². The smallest absolute Gasteiger partial charge is 0.0926 e. The van der Waals surface area contributed by atoms with Crippen molar-refractivity contribution in [3.05, 3.63) is 35.9 Å². The summed E-state index contributed by atoms with van der Waals surface area (Å²) in [5, 5.41) is 9.40. The van der Waals surface area contributed by atoms with Crippen LogP contribution in [0.1, 0.15) is 25.0 Å². The molecule has 0 saturated carbocycles. The lowest BCUT2D eigenvalue weighted by Crippen LogP contribution is -2.11. The molecule has 1 aromatic rings. The van der Waals surface area contributed by atoms with Gasteiger partial charge in [0.2, 0.25) is 0 Å². The molecule has 0 radical (unpaired) electrons. The SMILES string of the molecule is CSCO[C@@H](C[C@@H](C)O)c1ccccc1. The van der Waals surface area contributed by atoms with Crippen molar-refractivity contribution in [3.8, 4) is 0 Å². The third kappa shape index (κ3) is 4.69. The van der Waals surface area contributed by atoms with Crippen LogP contribution in [0.4, 0.5) is 0 Å². The Bertz CT molecular complexity index is 262. The van der Waals surface area contributed by atoms with Crippen LogP contribution in [0.3, 0.4) is 0 Å². The first-order valence-electron chi connectivity index (χ1n) is 5.07. The maximum atomic E-state index is 9.40. The van der Waals surface area contributed by atoms with E-state index < -0.39 is 0 Å². The zero-order valence-electron chi connectivity index (χ0n) is 9.22. The zero-order valence-corrected chi connectivity index (χ0v) is 10.0. The van der Waals surface area contributed by atoms with E-state index in [2.05, 4.69) is 0 Å². The maximum absolute atomic E-state index is 9.40. The van der Waals surface area contributed by atoms with Crippen molar-refractivity contribution in [2.75, 3.05) is 12.2 Å². The molecule has 84 valence electrons. The van der Waals surface area contributed by atoms with Crippen LogP contribution < -0.4 is 0 Å². The summed E-state index contributed by atoms with van der Waals surface area (Å²) in [5.41, 5.74) is 1.13. The summed E-state index contributed by atoms with van der Waals surface area (Å²) in [5.74, 6) is 0.659. The number of hydrogen-bond donors (Lipinski definition) is 1. The van der Waals surface area contributed by atoms with Gasteiger partial charge in [0.1, 0.15) is 0 Å². The fourth-order valence-corrected chi connectivity index (χ4v) is 1.73. The van der Waals surface area contributed by atoms with Gasteiger partial charge in [0.25, 0.3) is 0 Å². The Balaban J connectivity index is 2.63. The van der Waals surface area contributed by atoms with Gasteiger partial charge in [-0.1, -0.05) is 30.3 Å². The van der Waals surface area contributed by atoms with Crippen molar-refractivity contribution in [2.45, 2.75) is 25.6 Å². The van der Waals surface area contributed by atoms with Gasteiger partial charge in [0.15, 0.2) is 0 Å². The standard InChI is InChI=1S/C12H18O2S/c1-10(13)8-12(14-9-15-2)11-6-4-3-5-7-11/h3-7,10,12-13H,8-9H2,1-2H3/t10-,12+/m1/s1. The second-order valence-electron chi connectivity index (χ2n) is 3.56. The maximum Gasteiger partial charge on any atom is 0.0926 e. The van der Waals surface area contributed by atoms with Crippen molar-refractivity contribution in [1.29, 1.82) is 0 Å². The summed E-state index contributed by atoms with van der Waals surface area (Å²) in [4.78, 5) is 0. The van der Waals surface area contributed by atoms with E-state index in [1.54, 1.807) is 18.7 Å². The molecule has 0 spiro atoms. The lowest BCUT2D eigenvalue weighted by molar-refractivity contribution is 0.0428. The molecule has 1 rings (SSSR count). The second-order valence-corrected chi connectivity index (χ2v) is 4.37. The molecule has 15 heavy (non-hydrogen) atoms. The fourth-order valence-electron chi connectivity index (χ4n) is 1.43. The highest BCUT2D eigenvalue weighted by Crippen LogP contribution is 2.23. The normalized spacial score (nSPS) is 14.9. The van der Waals surface area contributed by atoms with E-state index in [1.165, 1.54) is 0 Å². The molecule has 2 nitrogen and oxygen atoms in total. The lowest BCUT2D eigenvalue weighted by Gasteiger charge is -2.19. The molecule has 0 aliphatic rings. The van der Waals surface area contributed by atoms with Crippen molar-refractivity contribution < 1.29 is 9.84 Å². The predicted octanol–water partition coefficient (Wildman–Crippen LogP) is 2.84. The van der Waals surface area contributed by atoms with Gasteiger partial charge < -0.3 is 9.84 Å². The molecule has 0 amide bonds. The third-order valence-electron chi connectivity index (χ3n) is 2.11. The van der Waals surface area contributed by atoms with Gasteiger partial charge in [-0.25, -0.2) is 0 Å². The highest BCUT2D eigenvalue weighted by Gasteiger charge is 2.13. The number of benzene rings is 1. The number of aliphatic hydroxyl groups excluding tert-OH is 1. The van der Waals surface area contributed by atoms with Gasteiger partial charge in [-0.2, -0.15) is 0 Å². The quantitative estimate of drug-likeness (QED) is 0.756. The molecule has 0 unspecified atom stereocenters. The highest BCUT2D eigenvalue weighted by atomic mass is 32.2. The van der Waals surface area contributed by atoms with E-state index >= 15 is 0 Å². The topological polar surface area (TPSA) is 29.5 Å². The van der Waals surface area contributed by atoms with E-state index in [4.69, 9.17) is 4.74 Å².